The Morgan fingerprint density at radius 3 is 1.71 bits per heavy atom. The SMILES string of the molecule is CC.CCCCN(C)CC.CCNC. The Hall–Kier alpha value is -0.0800. The van der Waals surface area contributed by atoms with Gasteiger partial charge in [0.15, 0.2) is 0 Å². The van der Waals surface area contributed by atoms with E-state index in [0.29, 0.717) is 0 Å². The summed E-state index contributed by atoms with van der Waals surface area (Å²) in [7, 11) is 4.09. The van der Waals surface area contributed by atoms with E-state index < -0.39 is 0 Å². The molecule has 2 heteroatoms. The van der Waals surface area contributed by atoms with E-state index in [9.17, 15) is 0 Å². The third-order valence-corrected chi connectivity index (χ3v) is 1.79. The zero-order valence-electron chi connectivity index (χ0n) is 11.5. The zero-order valence-corrected chi connectivity index (χ0v) is 11.5. The van der Waals surface area contributed by atoms with Gasteiger partial charge in [-0.15, -0.1) is 0 Å². The molecule has 0 saturated heterocycles. The van der Waals surface area contributed by atoms with Crippen LogP contribution in [0.4, 0.5) is 0 Å². The van der Waals surface area contributed by atoms with Crippen LogP contribution in [0.5, 0.6) is 0 Å². The maximum Gasteiger partial charge on any atom is -0.00220 e. The lowest BCUT2D eigenvalue weighted by molar-refractivity contribution is 0.346. The minimum atomic E-state index is 1.07. The predicted molar refractivity (Wildman–Crippen MR) is 69.0 cm³/mol. The summed E-state index contributed by atoms with van der Waals surface area (Å²) < 4.78 is 0. The molecule has 0 bridgehead atoms. The van der Waals surface area contributed by atoms with Crippen molar-refractivity contribution in [2.45, 2.75) is 47.5 Å². The van der Waals surface area contributed by atoms with Crippen LogP contribution in [0.1, 0.15) is 47.5 Å². The van der Waals surface area contributed by atoms with E-state index in [2.05, 4.69) is 38.0 Å². The molecule has 14 heavy (non-hydrogen) atoms. The van der Waals surface area contributed by atoms with Crippen molar-refractivity contribution in [2.24, 2.45) is 0 Å². The number of nitrogens with zero attached hydrogens (tertiary/aromatic N) is 1. The highest BCUT2D eigenvalue weighted by Crippen LogP contribution is 1.89. The van der Waals surface area contributed by atoms with Gasteiger partial charge in [0.05, 0.1) is 0 Å². The minimum Gasteiger partial charge on any atom is -0.320 e. The second-order valence-corrected chi connectivity index (χ2v) is 2.96. The molecule has 2 nitrogen and oxygen atoms in total. The van der Waals surface area contributed by atoms with Gasteiger partial charge in [-0.2, -0.15) is 0 Å². The van der Waals surface area contributed by atoms with Gasteiger partial charge in [0.2, 0.25) is 0 Å². The second-order valence-electron chi connectivity index (χ2n) is 2.96. The molecule has 0 fully saturated rings. The van der Waals surface area contributed by atoms with Crippen LogP contribution in [-0.2, 0) is 0 Å². The summed E-state index contributed by atoms with van der Waals surface area (Å²) >= 11 is 0. The van der Waals surface area contributed by atoms with Crippen LogP contribution in [0, 0.1) is 0 Å². The van der Waals surface area contributed by atoms with Crippen molar-refractivity contribution in [3.8, 4) is 0 Å². The first-order chi connectivity index (χ1) is 6.72. The molecule has 0 aromatic heterocycles. The average molecular weight is 204 g/mol. The van der Waals surface area contributed by atoms with Gasteiger partial charge in [0, 0.05) is 0 Å². The largest absolute Gasteiger partial charge is 0.320 e. The molecule has 0 heterocycles. The van der Waals surface area contributed by atoms with Gasteiger partial charge < -0.3 is 10.2 Å². The fraction of sp³-hybridized carbons (Fsp3) is 1.00. The zero-order chi connectivity index (χ0) is 11.8. The van der Waals surface area contributed by atoms with Gasteiger partial charge >= 0.3 is 0 Å². The Labute approximate surface area is 92.1 Å². The molecule has 0 aromatic carbocycles. The quantitative estimate of drug-likeness (QED) is 0.740. The number of rotatable bonds is 5. The number of hydrogen-bond acceptors (Lipinski definition) is 2. The van der Waals surface area contributed by atoms with E-state index in [1.807, 2.05) is 20.9 Å². The molecule has 0 aliphatic rings. The van der Waals surface area contributed by atoms with Crippen molar-refractivity contribution in [1.29, 1.82) is 0 Å². The van der Waals surface area contributed by atoms with E-state index in [0.717, 1.165) is 6.54 Å². The molecule has 0 atom stereocenters. The lowest BCUT2D eigenvalue weighted by atomic mass is 10.3. The fourth-order valence-electron chi connectivity index (χ4n) is 0.586. The average Bonchev–Trinajstić information content (AvgIpc) is 2.28. The Bertz CT molecular complexity index is 63.3. The summed E-state index contributed by atoms with van der Waals surface area (Å²) in [6.45, 7) is 14.0. The first-order valence-corrected chi connectivity index (χ1v) is 6.05. The third kappa shape index (κ3) is 29.7. The molecular weight excluding hydrogens is 172 g/mol. The van der Waals surface area contributed by atoms with Crippen LogP contribution in [0.2, 0.25) is 0 Å². The number of unbranched alkanes of at least 4 members (excludes halogenated alkanes) is 1. The number of nitrogens with one attached hydrogen (secondary N) is 1. The lowest BCUT2D eigenvalue weighted by Crippen LogP contribution is -2.18. The second kappa shape index (κ2) is 23.1. The third-order valence-electron chi connectivity index (χ3n) is 1.79. The first-order valence-electron chi connectivity index (χ1n) is 6.05. The lowest BCUT2D eigenvalue weighted by Gasteiger charge is -2.11. The molecule has 0 spiro atoms. The summed E-state index contributed by atoms with van der Waals surface area (Å²) in [4.78, 5) is 2.34. The van der Waals surface area contributed by atoms with Crippen LogP contribution in [0.15, 0.2) is 0 Å². The molecule has 0 aliphatic carbocycles. The molecule has 0 amide bonds. The summed E-state index contributed by atoms with van der Waals surface area (Å²) in [5.74, 6) is 0. The van der Waals surface area contributed by atoms with E-state index in [4.69, 9.17) is 0 Å². The smallest absolute Gasteiger partial charge is 0.00220 e. The van der Waals surface area contributed by atoms with Gasteiger partial charge in [-0.05, 0) is 40.2 Å². The molecular formula is C12H32N2. The summed E-state index contributed by atoms with van der Waals surface area (Å²) in [6.07, 6.45) is 2.65. The van der Waals surface area contributed by atoms with Crippen LogP contribution in [0.3, 0.4) is 0 Å². The van der Waals surface area contributed by atoms with Crippen molar-refractivity contribution < 1.29 is 0 Å². The molecule has 0 saturated carbocycles. The first kappa shape index (κ1) is 19.5. The summed E-state index contributed by atoms with van der Waals surface area (Å²) in [5, 5.41) is 2.93. The highest BCUT2D eigenvalue weighted by Gasteiger charge is 1.89. The van der Waals surface area contributed by atoms with E-state index in [-0.39, 0.29) is 0 Å². The van der Waals surface area contributed by atoms with E-state index in [1.54, 1.807) is 0 Å². The van der Waals surface area contributed by atoms with Crippen molar-refractivity contribution in [1.82, 2.24) is 10.2 Å². The maximum absolute atomic E-state index is 2.93. The Morgan fingerprint density at radius 2 is 1.50 bits per heavy atom. The summed E-state index contributed by atoms with van der Waals surface area (Å²) in [5.41, 5.74) is 0. The van der Waals surface area contributed by atoms with Gasteiger partial charge in [-0.25, -0.2) is 0 Å². The highest BCUT2D eigenvalue weighted by atomic mass is 15.1. The molecule has 0 radical (unpaired) electrons. The van der Waals surface area contributed by atoms with Crippen LogP contribution >= 0.6 is 0 Å². The Balaban J connectivity index is -0.000000170. The van der Waals surface area contributed by atoms with Crippen molar-refractivity contribution in [2.75, 3.05) is 33.7 Å². The molecule has 0 aliphatic heterocycles. The maximum atomic E-state index is 2.93. The predicted octanol–water partition coefficient (Wildman–Crippen LogP) is 2.99. The molecule has 0 aromatic rings. The highest BCUT2D eigenvalue weighted by molar-refractivity contribution is 4.44. The Morgan fingerprint density at radius 1 is 1.07 bits per heavy atom. The molecule has 0 rings (SSSR count). The standard InChI is InChI=1S/C7H17N.C3H9N.C2H6/c1-4-6-7-8(3)5-2;1-3-4-2;1-2/h4-7H2,1-3H3;4H,3H2,1-2H3;1-2H3. The molecule has 1 N–H and O–H groups in total. The fourth-order valence-corrected chi connectivity index (χ4v) is 0.586. The summed E-state index contributed by atoms with van der Waals surface area (Å²) in [6, 6.07) is 0. The molecule has 90 valence electrons. The molecule has 0 unspecified atom stereocenters. The van der Waals surface area contributed by atoms with Gasteiger partial charge in [-0.1, -0.05) is 41.0 Å². The minimum absolute atomic E-state index is 1.07. The van der Waals surface area contributed by atoms with Crippen molar-refractivity contribution >= 4 is 0 Å². The van der Waals surface area contributed by atoms with Crippen LogP contribution < -0.4 is 5.32 Å². The Kier molecular flexibility index (Phi) is 32.1. The monoisotopic (exact) mass is 204 g/mol. The van der Waals surface area contributed by atoms with Crippen LogP contribution in [-0.4, -0.2) is 38.6 Å². The number of hydrogen-bond donors (Lipinski definition) is 1. The van der Waals surface area contributed by atoms with Gasteiger partial charge in [0.25, 0.3) is 0 Å². The van der Waals surface area contributed by atoms with Crippen molar-refractivity contribution in [3.63, 3.8) is 0 Å². The van der Waals surface area contributed by atoms with Gasteiger partial charge in [0.1, 0.15) is 0 Å². The topological polar surface area (TPSA) is 15.3 Å². The van der Waals surface area contributed by atoms with Crippen LogP contribution in [0.25, 0.3) is 0 Å². The van der Waals surface area contributed by atoms with E-state index in [1.165, 1.54) is 25.9 Å². The van der Waals surface area contributed by atoms with Gasteiger partial charge in [-0.3, -0.25) is 0 Å². The normalized spacial score (nSPS) is 8.57. The van der Waals surface area contributed by atoms with E-state index >= 15 is 0 Å². The van der Waals surface area contributed by atoms with Crippen molar-refractivity contribution in [3.05, 3.63) is 0 Å².